The number of unbranched alkanes of at least 4 members (excludes halogenated alkanes) is 2. The van der Waals surface area contributed by atoms with Crippen LogP contribution in [0.5, 0.6) is 0 Å². The molecule has 1 nitrogen and oxygen atoms in total. The third-order valence-corrected chi connectivity index (χ3v) is 0.762. The first-order valence-electron chi connectivity index (χ1n) is 2.52. The Hall–Kier alpha value is 1.53. The molecule has 0 radical (unpaired) electrons. The maximum absolute atomic E-state index is 8.20. The number of hydrogen-bond acceptors (Lipinski definition) is 1. The monoisotopic (exact) mass is 228 g/mol. The summed E-state index contributed by atoms with van der Waals surface area (Å²) >= 11 is 0. The average Bonchev–Trinajstić information content (AvgIpc) is 1.61. The van der Waals surface area contributed by atoms with Crippen LogP contribution in [0.25, 0.3) is 0 Å². The van der Waals surface area contributed by atoms with Gasteiger partial charge in [0.15, 0.2) is 0 Å². The van der Waals surface area contributed by atoms with Crippen molar-refractivity contribution in [1.29, 1.82) is 0 Å². The van der Waals surface area contributed by atoms with Crippen LogP contribution in [0.3, 0.4) is 0 Å². The van der Waals surface area contributed by atoms with Gasteiger partial charge in [-0.3, -0.25) is 0 Å². The molecule has 0 fully saturated rings. The van der Waals surface area contributed by atoms with Crippen LogP contribution in [0.2, 0.25) is 0 Å². The van der Waals surface area contributed by atoms with E-state index in [0.717, 1.165) is 12.8 Å². The predicted molar refractivity (Wildman–Crippen MR) is 35.2 cm³/mol. The quantitative estimate of drug-likeness (QED) is 0.541. The normalized spacial score (nSPS) is 7.71. The fraction of sp³-hybridized carbons (Fsp3) is 1.00. The molecule has 42 valence electrons. The van der Waals surface area contributed by atoms with E-state index in [4.69, 9.17) is 5.11 Å². The summed E-state index contributed by atoms with van der Waals surface area (Å²) < 4.78 is 0. The topological polar surface area (TPSA) is 20.2 Å². The zero-order chi connectivity index (χ0) is 4.83. The summed E-state index contributed by atoms with van der Waals surface area (Å²) in [6.07, 6.45) is 3.33. The summed E-state index contributed by atoms with van der Waals surface area (Å²) in [5.74, 6) is 0. The Morgan fingerprint density at radius 1 is 1.29 bits per heavy atom. The molecule has 0 aliphatic heterocycles. The van der Waals surface area contributed by atoms with Crippen LogP contribution < -0.4 is 0 Å². The Kier molecular flexibility index (Phi) is 17.0. The Morgan fingerprint density at radius 3 is 2.00 bits per heavy atom. The molecule has 0 spiro atoms. The van der Waals surface area contributed by atoms with E-state index in [1.54, 1.807) is 0 Å². The molecule has 0 aromatic rings. The van der Waals surface area contributed by atoms with E-state index in [2.05, 4.69) is 6.92 Å². The average molecular weight is 227 g/mol. The summed E-state index contributed by atoms with van der Waals surface area (Å²) in [6.45, 7) is 2.48. The van der Waals surface area contributed by atoms with Crippen molar-refractivity contribution in [1.82, 2.24) is 0 Å². The van der Waals surface area contributed by atoms with Crippen LogP contribution in [-0.4, -0.2) is 60.6 Å². The molecule has 0 rings (SSSR count). The number of aliphatic hydroxyl groups is 1. The summed E-state index contributed by atoms with van der Waals surface area (Å²) in [5.41, 5.74) is 0. The van der Waals surface area contributed by atoms with Crippen molar-refractivity contribution in [3.8, 4) is 0 Å². The second-order valence-electron chi connectivity index (χ2n) is 1.43. The van der Waals surface area contributed by atoms with Crippen molar-refractivity contribution in [2.45, 2.75) is 26.2 Å². The summed E-state index contributed by atoms with van der Waals surface area (Å²) in [4.78, 5) is 0. The van der Waals surface area contributed by atoms with Gasteiger partial charge in [-0.1, -0.05) is 19.8 Å². The van der Waals surface area contributed by atoms with Gasteiger partial charge in [-0.05, 0) is 6.42 Å². The molecule has 7 heavy (non-hydrogen) atoms. The van der Waals surface area contributed by atoms with Gasteiger partial charge in [0.1, 0.15) is 0 Å². The van der Waals surface area contributed by atoms with Crippen molar-refractivity contribution >= 4 is 48.9 Å². The Labute approximate surface area is 85.6 Å². The molecule has 2 heteroatoms. The Morgan fingerprint density at radius 2 is 1.86 bits per heavy atom. The minimum atomic E-state index is 0. The standard InChI is InChI=1S/C5H12O.Ba.2H/c1-2-3-4-5-6;;;/h6H,2-5H2,1H3;;;. The molecule has 0 aromatic heterocycles. The third-order valence-electron chi connectivity index (χ3n) is 0.762. The maximum atomic E-state index is 8.20. The van der Waals surface area contributed by atoms with Crippen molar-refractivity contribution in [3.63, 3.8) is 0 Å². The molecule has 0 aliphatic rings. The van der Waals surface area contributed by atoms with Crippen LogP contribution >= 0.6 is 0 Å². The molecule has 0 heterocycles. The number of rotatable bonds is 3. The summed E-state index contributed by atoms with van der Waals surface area (Å²) in [5, 5.41) is 8.20. The van der Waals surface area contributed by atoms with Gasteiger partial charge >= 0.3 is 48.9 Å². The van der Waals surface area contributed by atoms with E-state index in [1.807, 2.05) is 0 Å². The van der Waals surface area contributed by atoms with Crippen molar-refractivity contribution in [2.75, 3.05) is 6.61 Å². The van der Waals surface area contributed by atoms with Crippen molar-refractivity contribution < 1.29 is 5.11 Å². The molecule has 0 saturated carbocycles. The third kappa shape index (κ3) is 11.2. The van der Waals surface area contributed by atoms with Crippen molar-refractivity contribution in [2.24, 2.45) is 0 Å². The molecule has 0 atom stereocenters. The number of hydrogen-bond donors (Lipinski definition) is 1. The summed E-state index contributed by atoms with van der Waals surface area (Å²) in [6, 6.07) is 0. The Bertz CT molecular complexity index is 20.0. The van der Waals surface area contributed by atoms with E-state index >= 15 is 0 Å². The molecule has 0 aliphatic carbocycles. The SMILES string of the molecule is CCCCCO.[BaH2]. The van der Waals surface area contributed by atoms with Gasteiger partial charge < -0.3 is 5.11 Å². The first kappa shape index (κ1) is 11.3. The fourth-order valence-corrected chi connectivity index (χ4v) is 0.362. The van der Waals surface area contributed by atoms with Gasteiger partial charge in [0.05, 0.1) is 0 Å². The Balaban J connectivity index is 0. The van der Waals surface area contributed by atoms with E-state index in [-0.39, 0.29) is 48.9 Å². The van der Waals surface area contributed by atoms with Gasteiger partial charge in [-0.25, -0.2) is 0 Å². The van der Waals surface area contributed by atoms with Gasteiger partial charge in [0, 0.05) is 6.61 Å². The molecule has 0 unspecified atom stereocenters. The second-order valence-corrected chi connectivity index (χ2v) is 1.43. The summed E-state index contributed by atoms with van der Waals surface area (Å²) in [7, 11) is 0. The number of aliphatic hydroxyl groups excluding tert-OH is 1. The van der Waals surface area contributed by atoms with E-state index in [9.17, 15) is 0 Å². The molecule has 0 bridgehead atoms. The van der Waals surface area contributed by atoms with Crippen LogP contribution in [0.4, 0.5) is 0 Å². The van der Waals surface area contributed by atoms with Gasteiger partial charge in [-0.2, -0.15) is 0 Å². The zero-order valence-corrected chi connectivity index (χ0v) is 4.28. The van der Waals surface area contributed by atoms with Crippen LogP contribution in [-0.2, 0) is 0 Å². The molecule has 0 amide bonds. The van der Waals surface area contributed by atoms with Crippen molar-refractivity contribution in [3.05, 3.63) is 0 Å². The zero-order valence-electron chi connectivity index (χ0n) is 4.28. The second kappa shape index (κ2) is 10.5. The van der Waals surface area contributed by atoms with Gasteiger partial charge in [0.25, 0.3) is 0 Å². The van der Waals surface area contributed by atoms with Gasteiger partial charge in [0.2, 0.25) is 0 Å². The van der Waals surface area contributed by atoms with Crippen LogP contribution in [0.1, 0.15) is 26.2 Å². The molecule has 1 N–H and O–H groups in total. The predicted octanol–water partition coefficient (Wildman–Crippen LogP) is 0.253. The van der Waals surface area contributed by atoms with E-state index < -0.39 is 0 Å². The molecular weight excluding hydrogens is 213 g/mol. The molecule has 0 aromatic carbocycles. The fourth-order valence-electron chi connectivity index (χ4n) is 0.362. The van der Waals surface area contributed by atoms with Crippen LogP contribution in [0, 0.1) is 0 Å². The molecular formula is C5H14BaO. The molecule has 0 saturated heterocycles. The van der Waals surface area contributed by atoms with Crippen LogP contribution in [0.15, 0.2) is 0 Å². The van der Waals surface area contributed by atoms with E-state index in [1.165, 1.54) is 6.42 Å². The first-order chi connectivity index (χ1) is 2.91. The van der Waals surface area contributed by atoms with Gasteiger partial charge in [-0.15, -0.1) is 0 Å². The van der Waals surface area contributed by atoms with E-state index in [0.29, 0.717) is 6.61 Å². The minimum absolute atomic E-state index is 0. The first-order valence-corrected chi connectivity index (χ1v) is 2.52.